The van der Waals surface area contributed by atoms with Crippen LogP contribution in [0.2, 0.25) is 0 Å². The molecule has 2 amide bonds. The summed E-state index contributed by atoms with van der Waals surface area (Å²) < 4.78 is 69.6. The van der Waals surface area contributed by atoms with Crippen LogP contribution in [0.5, 0.6) is 0 Å². The van der Waals surface area contributed by atoms with Crippen molar-refractivity contribution in [2.45, 2.75) is 76.7 Å². The number of alkyl halides is 3. The van der Waals surface area contributed by atoms with Crippen molar-refractivity contribution < 1.29 is 31.1 Å². The number of urea groups is 1. The Hall–Kier alpha value is -1.07. The third kappa shape index (κ3) is 8.22. The van der Waals surface area contributed by atoms with Crippen LogP contribution in [-0.2, 0) is 14.8 Å². The van der Waals surface area contributed by atoms with E-state index in [2.05, 4.69) is 18.6 Å². The van der Waals surface area contributed by atoms with Crippen molar-refractivity contribution >= 4 is 16.1 Å². The average Bonchev–Trinajstić information content (AvgIpc) is 2.63. The second-order valence-electron chi connectivity index (χ2n) is 8.79. The lowest BCUT2D eigenvalue weighted by molar-refractivity contribution is -0.123. The summed E-state index contributed by atoms with van der Waals surface area (Å²) in [6, 6.07) is -2.12. The van der Waals surface area contributed by atoms with Crippen LogP contribution >= 0.6 is 0 Å². The number of carbonyl (C=O) groups excluding carboxylic acids is 1. The van der Waals surface area contributed by atoms with Crippen molar-refractivity contribution in [1.29, 1.82) is 0 Å². The minimum absolute atomic E-state index is 0.0147. The Bertz CT molecular complexity index is 664. The standard InChI is InChI=1S/C19H34F3N3O4S/c1-13(2)14-6-8-15(9-7-14)29-11-17-16(24-30(3,27)28)5-4-10-25(17)18(26)23-12-19(20,21)22/h13-17,24H,4-12H2,1-3H3,(H,23,26)/t14?,15?,16-,17-/m1/s1. The normalized spacial score (nSPS) is 28.6. The lowest BCUT2D eigenvalue weighted by atomic mass is 9.80. The lowest BCUT2D eigenvalue weighted by Crippen LogP contribution is -2.61. The van der Waals surface area contributed by atoms with Crippen molar-refractivity contribution in [2.75, 3.05) is 26.0 Å². The van der Waals surface area contributed by atoms with Crippen LogP contribution in [0.1, 0.15) is 52.4 Å². The summed E-state index contributed by atoms with van der Waals surface area (Å²) in [7, 11) is -3.55. The maximum Gasteiger partial charge on any atom is 0.405 e. The summed E-state index contributed by atoms with van der Waals surface area (Å²) in [5.74, 6) is 1.27. The van der Waals surface area contributed by atoms with Gasteiger partial charge >= 0.3 is 12.2 Å². The number of nitrogens with zero attached hydrogens (tertiary/aromatic N) is 1. The van der Waals surface area contributed by atoms with Gasteiger partial charge in [-0.1, -0.05) is 13.8 Å². The van der Waals surface area contributed by atoms with Crippen LogP contribution in [0.25, 0.3) is 0 Å². The number of amides is 2. The molecule has 0 radical (unpaired) electrons. The molecule has 0 spiro atoms. The average molecular weight is 458 g/mol. The number of ether oxygens (including phenoxy) is 1. The van der Waals surface area contributed by atoms with Gasteiger partial charge in [-0.25, -0.2) is 17.9 Å². The van der Waals surface area contributed by atoms with Crippen molar-refractivity contribution in [3.8, 4) is 0 Å². The van der Waals surface area contributed by atoms with Gasteiger partial charge in [0.15, 0.2) is 0 Å². The summed E-state index contributed by atoms with van der Waals surface area (Å²) in [6.07, 6.45) is 1.38. The maximum atomic E-state index is 12.5. The Morgan fingerprint density at radius 3 is 2.33 bits per heavy atom. The minimum Gasteiger partial charge on any atom is -0.376 e. The zero-order valence-electron chi connectivity index (χ0n) is 17.9. The number of carbonyl (C=O) groups is 1. The molecule has 30 heavy (non-hydrogen) atoms. The molecule has 1 aliphatic heterocycles. The number of sulfonamides is 1. The van der Waals surface area contributed by atoms with E-state index in [1.54, 1.807) is 0 Å². The highest BCUT2D eigenvalue weighted by molar-refractivity contribution is 7.88. The molecular formula is C19H34F3N3O4S. The molecule has 1 saturated carbocycles. The predicted molar refractivity (Wildman–Crippen MR) is 107 cm³/mol. The van der Waals surface area contributed by atoms with E-state index in [1.807, 2.05) is 5.32 Å². The Morgan fingerprint density at radius 1 is 1.17 bits per heavy atom. The van der Waals surface area contributed by atoms with Crippen LogP contribution in [-0.4, -0.2) is 69.7 Å². The molecule has 2 rings (SSSR count). The lowest BCUT2D eigenvalue weighted by Gasteiger charge is -2.42. The zero-order valence-corrected chi connectivity index (χ0v) is 18.7. The van der Waals surface area contributed by atoms with Gasteiger partial charge in [0.25, 0.3) is 0 Å². The molecule has 0 unspecified atom stereocenters. The van der Waals surface area contributed by atoms with Crippen LogP contribution in [0, 0.1) is 11.8 Å². The second-order valence-corrected chi connectivity index (χ2v) is 10.6. The summed E-state index contributed by atoms with van der Waals surface area (Å²) in [5.41, 5.74) is 0. The highest BCUT2D eigenvalue weighted by atomic mass is 32.2. The summed E-state index contributed by atoms with van der Waals surface area (Å²) in [6.45, 7) is 3.31. The first-order chi connectivity index (χ1) is 13.9. The van der Waals surface area contributed by atoms with Gasteiger partial charge in [-0.05, 0) is 50.4 Å². The van der Waals surface area contributed by atoms with Gasteiger partial charge in [-0.3, -0.25) is 0 Å². The van der Waals surface area contributed by atoms with Gasteiger partial charge in [0.2, 0.25) is 10.0 Å². The van der Waals surface area contributed by atoms with Crippen molar-refractivity contribution in [3.63, 3.8) is 0 Å². The molecule has 1 aliphatic carbocycles. The Kier molecular flexibility index (Phi) is 8.81. The van der Waals surface area contributed by atoms with Crippen molar-refractivity contribution in [1.82, 2.24) is 14.9 Å². The molecule has 2 atom stereocenters. The monoisotopic (exact) mass is 457 g/mol. The van der Waals surface area contributed by atoms with E-state index < -0.39 is 40.9 Å². The van der Waals surface area contributed by atoms with Crippen LogP contribution in [0.3, 0.4) is 0 Å². The molecule has 2 N–H and O–H groups in total. The summed E-state index contributed by atoms with van der Waals surface area (Å²) in [5, 5.41) is 1.89. The SMILES string of the molecule is CC(C)C1CCC(OC[C@@H]2[C@H](NS(C)(=O)=O)CCCN2C(=O)NCC(F)(F)F)CC1. The molecule has 7 nitrogen and oxygen atoms in total. The molecule has 0 bridgehead atoms. The quantitative estimate of drug-likeness (QED) is 0.615. The highest BCUT2D eigenvalue weighted by Gasteiger charge is 2.38. The molecule has 1 saturated heterocycles. The summed E-state index contributed by atoms with van der Waals surface area (Å²) in [4.78, 5) is 13.7. The summed E-state index contributed by atoms with van der Waals surface area (Å²) >= 11 is 0. The van der Waals surface area contributed by atoms with Crippen molar-refractivity contribution in [2.24, 2.45) is 11.8 Å². The largest absolute Gasteiger partial charge is 0.405 e. The topological polar surface area (TPSA) is 87.7 Å². The number of rotatable bonds is 7. The first-order valence-corrected chi connectivity index (χ1v) is 12.4. The van der Waals surface area contributed by atoms with E-state index in [9.17, 15) is 26.4 Å². The molecule has 0 aromatic carbocycles. The molecule has 0 aromatic rings. The number of halogens is 3. The van der Waals surface area contributed by atoms with Gasteiger partial charge in [-0.15, -0.1) is 0 Å². The highest BCUT2D eigenvalue weighted by Crippen LogP contribution is 2.32. The zero-order chi connectivity index (χ0) is 22.5. The molecule has 0 aromatic heterocycles. The number of hydrogen-bond donors (Lipinski definition) is 2. The minimum atomic E-state index is -4.52. The molecule has 2 aliphatic rings. The van der Waals surface area contributed by atoms with Gasteiger partial charge in [0, 0.05) is 12.6 Å². The number of hydrogen-bond acceptors (Lipinski definition) is 4. The molecule has 2 fully saturated rings. The van der Waals surface area contributed by atoms with E-state index in [0.717, 1.165) is 31.9 Å². The molecular weight excluding hydrogens is 423 g/mol. The van der Waals surface area contributed by atoms with E-state index >= 15 is 0 Å². The van der Waals surface area contributed by atoms with Crippen LogP contribution in [0.15, 0.2) is 0 Å². The fourth-order valence-electron chi connectivity index (χ4n) is 4.36. The van der Waals surface area contributed by atoms with Gasteiger partial charge in [0.1, 0.15) is 6.54 Å². The fourth-order valence-corrected chi connectivity index (χ4v) is 5.19. The third-order valence-corrected chi connectivity index (χ3v) is 6.74. The third-order valence-electron chi connectivity index (χ3n) is 6.01. The first kappa shape index (κ1) is 25.2. The Labute approximate surface area is 177 Å². The van der Waals surface area contributed by atoms with Crippen LogP contribution < -0.4 is 10.0 Å². The smallest absolute Gasteiger partial charge is 0.376 e. The van der Waals surface area contributed by atoms with Gasteiger partial charge in [0.05, 0.1) is 25.0 Å². The number of nitrogens with one attached hydrogen (secondary N) is 2. The molecule has 176 valence electrons. The maximum absolute atomic E-state index is 12.5. The van der Waals surface area contributed by atoms with E-state index in [4.69, 9.17) is 4.74 Å². The predicted octanol–water partition coefficient (Wildman–Crippen LogP) is 2.87. The Morgan fingerprint density at radius 2 is 1.80 bits per heavy atom. The van der Waals surface area contributed by atoms with E-state index in [0.29, 0.717) is 24.7 Å². The van der Waals surface area contributed by atoms with Gasteiger partial charge < -0.3 is 15.0 Å². The number of piperidine rings is 1. The molecule has 1 heterocycles. The fraction of sp³-hybridized carbons (Fsp3) is 0.947. The van der Waals surface area contributed by atoms with E-state index in [1.165, 1.54) is 4.90 Å². The number of likely N-dealkylation sites (tertiary alicyclic amines) is 1. The van der Waals surface area contributed by atoms with Crippen LogP contribution in [0.4, 0.5) is 18.0 Å². The van der Waals surface area contributed by atoms with Gasteiger partial charge in [-0.2, -0.15) is 13.2 Å². The van der Waals surface area contributed by atoms with E-state index in [-0.39, 0.29) is 19.3 Å². The molecule has 11 heteroatoms. The second kappa shape index (κ2) is 10.5. The van der Waals surface area contributed by atoms with Crippen molar-refractivity contribution in [3.05, 3.63) is 0 Å². The first-order valence-electron chi connectivity index (χ1n) is 10.6. The Balaban J connectivity index is 2.03.